The first kappa shape index (κ1) is 12.7. The summed E-state index contributed by atoms with van der Waals surface area (Å²) in [7, 11) is 1.66. The molecule has 0 radical (unpaired) electrons. The summed E-state index contributed by atoms with van der Waals surface area (Å²) in [6, 6.07) is 5.86. The highest BCUT2D eigenvalue weighted by Gasteiger charge is 2.10. The van der Waals surface area contributed by atoms with Crippen molar-refractivity contribution >= 4 is 17.4 Å². The van der Waals surface area contributed by atoms with E-state index in [1.165, 1.54) is 0 Å². The van der Waals surface area contributed by atoms with Crippen molar-refractivity contribution in [2.45, 2.75) is 13.8 Å². The van der Waals surface area contributed by atoms with Gasteiger partial charge in [0.25, 0.3) is 0 Å². The molecule has 1 aromatic carbocycles. The van der Waals surface area contributed by atoms with Crippen molar-refractivity contribution in [2.75, 3.05) is 12.8 Å². The van der Waals surface area contributed by atoms with Crippen LogP contribution in [0.5, 0.6) is 5.75 Å². The summed E-state index contributed by atoms with van der Waals surface area (Å²) in [5.74, 6) is 1.34. The second-order valence-electron chi connectivity index (χ2n) is 4.22. The molecule has 0 aliphatic rings. The second kappa shape index (κ2) is 4.86. The van der Waals surface area contributed by atoms with Gasteiger partial charge in [-0.25, -0.2) is 4.98 Å². The molecule has 0 amide bonds. The van der Waals surface area contributed by atoms with Gasteiger partial charge in [0.15, 0.2) is 0 Å². The molecule has 3 nitrogen and oxygen atoms in total. The van der Waals surface area contributed by atoms with Gasteiger partial charge >= 0.3 is 0 Å². The lowest BCUT2D eigenvalue weighted by atomic mass is 9.98. The molecule has 2 aromatic rings. The maximum atomic E-state index is 5.97. The summed E-state index contributed by atoms with van der Waals surface area (Å²) in [6.07, 6.45) is 1.55. The number of nitrogens with zero attached hydrogens (tertiary/aromatic N) is 1. The van der Waals surface area contributed by atoms with Crippen LogP contribution in [0.2, 0.25) is 5.02 Å². The van der Waals surface area contributed by atoms with Crippen LogP contribution in [0, 0.1) is 13.8 Å². The van der Waals surface area contributed by atoms with E-state index in [0.717, 1.165) is 28.0 Å². The molecule has 0 saturated heterocycles. The normalized spacial score (nSPS) is 10.4. The predicted octanol–water partition coefficient (Wildman–Crippen LogP) is 3.61. The van der Waals surface area contributed by atoms with Gasteiger partial charge in [-0.3, -0.25) is 0 Å². The number of nitrogen functional groups attached to an aromatic ring is 1. The zero-order valence-electron chi connectivity index (χ0n) is 10.6. The molecule has 1 aromatic heterocycles. The Morgan fingerprint density at radius 3 is 2.50 bits per heavy atom. The quantitative estimate of drug-likeness (QED) is 0.899. The molecule has 0 aliphatic heterocycles. The number of pyridine rings is 1. The van der Waals surface area contributed by atoms with Gasteiger partial charge in [-0.15, -0.1) is 0 Å². The highest BCUT2D eigenvalue weighted by molar-refractivity contribution is 6.30. The number of anilines is 1. The van der Waals surface area contributed by atoms with Crippen LogP contribution in [0.4, 0.5) is 5.82 Å². The Kier molecular flexibility index (Phi) is 3.43. The summed E-state index contributed by atoms with van der Waals surface area (Å²) in [5, 5.41) is 0.576. The molecule has 1 heterocycles. The minimum Gasteiger partial charge on any atom is -0.496 e. The van der Waals surface area contributed by atoms with Gasteiger partial charge in [0, 0.05) is 11.8 Å². The van der Waals surface area contributed by atoms with Crippen LogP contribution in [0.15, 0.2) is 24.4 Å². The van der Waals surface area contributed by atoms with Gasteiger partial charge in [0.2, 0.25) is 0 Å². The van der Waals surface area contributed by atoms with E-state index in [1.807, 2.05) is 32.0 Å². The van der Waals surface area contributed by atoms with Gasteiger partial charge < -0.3 is 10.5 Å². The fourth-order valence-electron chi connectivity index (χ4n) is 1.97. The number of hydrogen-bond donors (Lipinski definition) is 1. The monoisotopic (exact) mass is 262 g/mol. The Balaban J connectivity index is 2.64. The van der Waals surface area contributed by atoms with Crippen molar-refractivity contribution in [1.82, 2.24) is 4.98 Å². The van der Waals surface area contributed by atoms with E-state index in [1.54, 1.807) is 13.3 Å². The van der Waals surface area contributed by atoms with Crippen LogP contribution in [-0.4, -0.2) is 12.1 Å². The van der Waals surface area contributed by atoms with Gasteiger partial charge in [-0.05, 0) is 48.7 Å². The maximum absolute atomic E-state index is 5.97. The summed E-state index contributed by atoms with van der Waals surface area (Å²) in [4.78, 5) is 4.08. The van der Waals surface area contributed by atoms with E-state index in [4.69, 9.17) is 22.1 Å². The van der Waals surface area contributed by atoms with E-state index in [0.29, 0.717) is 10.8 Å². The summed E-state index contributed by atoms with van der Waals surface area (Å²) in [6.45, 7) is 4.01. The molecule has 0 atom stereocenters. The van der Waals surface area contributed by atoms with Crippen molar-refractivity contribution in [3.05, 3.63) is 40.5 Å². The first-order valence-corrected chi connectivity index (χ1v) is 5.97. The largest absolute Gasteiger partial charge is 0.496 e. The number of benzene rings is 1. The topological polar surface area (TPSA) is 48.1 Å². The minimum atomic E-state index is 0.479. The molecule has 0 spiro atoms. The van der Waals surface area contributed by atoms with Gasteiger partial charge in [0.05, 0.1) is 12.1 Å². The Bertz CT molecular complexity index is 597. The Hall–Kier alpha value is -1.74. The van der Waals surface area contributed by atoms with E-state index in [9.17, 15) is 0 Å². The maximum Gasteiger partial charge on any atom is 0.131 e. The molecule has 0 aliphatic carbocycles. The predicted molar refractivity (Wildman–Crippen MR) is 75.1 cm³/mol. The van der Waals surface area contributed by atoms with Gasteiger partial charge in [-0.1, -0.05) is 11.6 Å². The third kappa shape index (κ3) is 2.27. The molecule has 18 heavy (non-hydrogen) atoms. The second-order valence-corrected chi connectivity index (χ2v) is 4.66. The average Bonchev–Trinajstić information content (AvgIpc) is 2.35. The molecule has 2 N–H and O–H groups in total. The van der Waals surface area contributed by atoms with Crippen molar-refractivity contribution in [1.29, 1.82) is 0 Å². The Morgan fingerprint density at radius 2 is 1.83 bits per heavy atom. The third-order valence-electron chi connectivity index (χ3n) is 2.92. The molecular weight excluding hydrogens is 248 g/mol. The molecule has 4 heteroatoms. The molecule has 0 fully saturated rings. The van der Waals surface area contributed by atoms with Crippen molar-refractivity contribution in [3.8, 4) is 16.9 Å². The van der Waals surface area contributed by atoms with Gasteiger partial charge in [0.1, 0.15) is 11.6 Å². The van der Waals surface area contributed by atoms with Crippen LogP contribution in [0.3, 0.4) is 0 Å². The standard InChI is InChI=1S/C14H15ClN2O/c1-8-5-13(18-3)9(2)4-11(8)12-6-10(15)7-17-14(12)16/h4-7H,1-3H3,(H2,16,17). The fourth-order valence-corrected chi connectivity index (χ4v) is 2.12. The number of hydrogen-bond acceptors (Lipinski definition) is 3. The lowest BCUT2D eigenvalue weighted by Gasteiger charge is -2.13. The molecule has 2 rings (SSSR count). The first-order chi connectivity index (χ1) is 8.52. The minimum absolute atomic E-state index is 0.479. The Morgan fingerprint density at radius 1 is 1.11 bits per heavy atom. The summed E-state index contributed by atoms with van der Waals surface area (Å²) >= 11 is 5.97. The Labute approximate surface area is 112 Å². The van der Waals surface area contributed by atoms with Crippen LogP contribution >= 0.6 is 11.6 Å². The molecule has 0 unspecified atom stereocenters. The highest BCUT2D eigenvalue weighted by Crippen LogP contribution is 2.33. The smallest absolute Gasteiger partial charge is 0.131 e. The van der Waals surface area contributed by atoms with Crippen LogP contribution < -0.4 is 10.5 Å². The SMILES string of the molecule is COc1cc(C)c(-c2cc(Cl)cnc2N)cc1C. The first-order valence-electron chi connectivity index (χ1n) is 5.59. The van der Waals surface area contributed by atoms with E-state index >= 15 is 0 Å². The highest BCUT2D eigenvalue weighted by atomic mass is 35.5. The number of aryl methyl sites for hydroxylation is 2. The molecule has 94 valence electrons. The molecule has 0 saturated carbocycles. The summed E-state index contributed by atoms with van der Waals surface area (Å²) < 4.78 is 5.30. The number of aromatic nitrogens is 1. The average molecular weight is 263 g/mol. The number of rotatable bonds is 2. The van der Waals surface area contributed by atoms with Gasteiger partial charge in [-0.2, -0.15) is 0 Å². The van der Waals surface area contributed by atoms with Crippen LogP contribution in [0.25, 0.3) is 11.1 Å². The van der Waals surface area contributed by atoms with Crippen molar-refractivity contribution in [3.63, 3.8) is 0 Å². The molecule has 0 bridgehead atoms. The number of ether oxygens (including phenoxy) is 1. The summed E-state index contributed by atoms with van der Waals surface area (Å²) in [5.41, 5.74) is 9.92. The van der Waals surface area contributed by atoms with Crippen LogP contribution in [0.1, 0.15) is 11.1 Å². The third-order valence-corrected chi connectivity index (χ3v) is 3.12. The lowest BCUT2D eigenvalue weighted by Crippen LogP contribution is -1.97. The fraction of sp³-hybridized carbons (Fsp3) is 0.214. The number of methoxy groups -OCH3 is 1. The van der Waals surface area contributed by atoms with Crippen LogP contribution in [-0.2, 0) is 0 Å². The number of nitrogens with two attached hydrogens (primary N) is 1. The number of halogens is 1. The molecular formula is C14H15ClN2O. The zero-order chi connectivity index (χ0) is 13.3. The van der Waals surface area contributed by atoms with E-state index in [2.05, 4.69) is 4.98 Å². The van der Waals surface area contributed by atoms with Crippen molar-refractivity contribution < 1.29 is 4.74 Å². The zero-order valence-corrected chi connectivity index (χ0v) is 11.4. The van der Waals surface area contributed by atoms with E-state index < -0.39 is 0 Å². The lowest BCUT2D eigenvalue weighted by molar-refractivity contribution is 0.411. The van der Waals surface area contributed by atoms with E-state index in [-0.39, 0.29) is 0 Å². The van der Waals surface area contributed by atoms with Crippen molar-refractivity contribution in [2.24, 2.45) is 0 Å².